The standard InChI is InChI=1S/C21H23Br2NO2.ClH/c22-17-11-15(12-18(23)13-17)14-26-20-6-5-16-3-1-2-4-19(16)21(20)24-7-9-25-10-8-24;/h1-4,11-13,20-21H,5-10,14H2;1H. The van der Waals surface area contributed by atoms with Crippen molar-refractivity contribution in [3.05, 3.63) is 68.1 Å². The average Bonchev–Trinajstić information content (AvgIpc) is 2.66. The number of nitrogens with zero attached hydrogens (tertiary/aromatic N) is 1. The number of halogens is 3. The Hall–Kier alpha value is -0.430. The molecule has 4 rings (SSSR count). The van der Waals surface area contributed by atoms with E-state index in [2.05, 4.69) is 79.2 Å². The molecule has 1 aliphatic heterocycles. The van der Waals surface area contributed by atoms with Crippen molar-refractivity contribution in [3.63, 3.8) is 0 Å². The summed E-state index contributed by atoms with van der Waals surface area (Å²) in [7, 11) is 0. The first-order chi connectivity index (χ1) is 12.7. The molecule has 2 aliphatic rings. The molecule has 0 amide bonds. The Kier molecular flexibility index (Phi) is 7.77. The molecule has 0 aromatic heterocycles. The highest BCUT2D eigenvalue weighted by molar-refractivity contribution is 9.11. The van der Waals surface area contributed by atoms with Crippen LogP contribution >= 0.6 is 44.3 Å². The van der Waals surface area contributed by atoms with E-state index in [1.165, 1.54) is 16.7 Å². The minimum absolute atomic E-state index is 0. The summed E-state index contributed by atoms with van der Waals surface area (Å²) in [6.07, 6.45) is 2.36. The van der Waals surface area contributed by atoms with Gasteiger partial charge >= 0.3 is 0 Å². The molecule has 146 valence electrons. The lowest BCUT2D eigenvalue weighted by atomic mass is 9.84. The molecule has 2 aromatic carbocycles. The summed E-state index contributed by atoms with van der Waals surface area (Å²) in [6.45, 7) is 4.20. The molecule has 0 radical (unpaired) electrons. The van der Waals surface area contributed by atoms with Crippen LogP contribution < -0.4 is 0 Å². The molecule has 1 fully saturated rings. The van der Waals surface area contributed by atoms with Gasteiger partial charge in [-0.1, -0.05) is 56.1 Å². The van der Waals surface area contributed by atoms with E-state index in [0.717, 1.165) is 48.1 Å². The number of benzene rings is 2. The Morgan fingerprint density at radius 2 is 1.74 bits per heavy atom. The van der Waals surface area contributed by atoms with Gasteiger partial charge < -0.3 is 9.47 Å². The van der Waals surface area contributed by atoms with Crippen LogP contribution in [0.5, 0.6) is 0 Å². The SMILES string of the molecule is Brc1cc(Br)cc(COC2CCc3ccccc3C2N2CCOCC2)c1.Cl. The Bertz CT molecular complexity index is 747. The fourth-order valence-corrected chi connectivity index (χ4v) is 5.45. The number of hydrogen-bond acceptors (Lipinski definition) is 3. The van der Waals surface area contributed by atoms with E-state index in [1.807, 2.05) is 0 Å². The Balaban J connectivity index is 0.00000210. The van der Waals surface area contributed by atoms with E-state index in [9.17, 15) is 0 Å². The smallest absolute Gasteiger partial charge is 0.0779 e. The molecule has 2 atom stereocenters. The third-order valence-corrected chi connectivity index (χ3v) is 6.17. The highest BCUT2D eigenvalue weighted by Gasteiger charge is 2.35. The lowest BCUT2D eigenvalue weighted by Crippen LogP contribution is -2.46. The fraction of sp³-hybridized carbons (Fsp3) is 0.429. The molecule has 0 bridgehead atoms. The van der Waals surface area contributed by atoms with Crippen molar-refractivity contribution < 1.29 is 9.47 Å². The van der Waals surface area contributed by atoms with E-state index in [1.54, 1.807) is 0 Å². The van der Waals surface area contributed by atoms with Crippen LogP contribution in [-0.4, -0.2) is 37.3 Å². The van der Waals surface area contributed by atoms with Crippen molar-refractivity contribution in [2.75, 3.05) is 26.3 Å². The molecule has 3 nitrogen and oxygen atoms in total. The van der Waals surface area contributed by atoms with Gasteiger partial charge in [0.25, 0.3) is 0 Å². The van der Waals surface area contributed by atoms with Crippen molar-refractivity contribution >= 4 is 44.3 Å². The monoisotopic (exact) mass is 515 g/mol. The van der Waals surface area contributed by atoms with E-state index < -0.39 is 0 Å². The summed E-state index contributed by atoms with van der Waals surface area (Å²) in [5.41, 5.74) is 4.08. The zero-order chi connectivity index (χ0) is 17.9. The largest absolute Gasteiger partial charge is 0.379 e. The number of ether oxygens (including phenoxy) is 2. The third kappa shape index (κ3) is 5.14. The minimum Gasteiger partial charge on any atom is -0.379 e. The van der Waals surface area contributed by atoms with Crippen LogP contribution in [0.4, 0.5) is 0 Å². The molecule has 6 heteroatoms. The second-order valence-corrected chi connectivity index (χ2v) is 8.79. The van der Waals surface area contributed by atoms with Crippen molar-refractivity contribution in [2.45, 2.75) is 31.6 Å². The van der Waals surface area contributed by atoms with Crippen molar-refractivity contribution in [1.82, 2.24) is 4.90 Å². The molecule has 1 heterocycles. The maximum absolute atomic E-state index is 6.48. The number of fused-ring (bicyclic) bond motifs is 1. The van der Waals surface area contributed by atoms with Crippen LogP contribution in [0.15, 0.2) is 51.4 Å². The van der Waals surface area contributed by atoms with Gasteiger partial charge in [-0.25, -0.2) is 0 Å². The molecule has 0 saturated carbocycles. The van der Waals surface area contributed by atoms with Crippen LogP contribution in [0.1, 0.15) is 29.2 Å². The predicted octanol–water partition coefficient (Wildman–Crippen LogP) is 5.54. The first-order valence-corrected chi connectivity index (χ1v) is 10.8. The highest BCUT2D eigenvalue weighted by Crippen LogP contribution is 2.37. The number of aryl methyl sites for hydroxylation is 1. The van der Waals surface area contributed by atoms with Crippen LogP contribution in [0.25, 0.3) is 0 Å². The number of morpholine rings is 1. The van der Waals surface area contributed by atoms with Crippen LogP contribution in [0, 0.1) is 0 Å². The van der Waals surface area contributed by atoms with Gasteiger partial charge in [-0.15, -0.1) is 12.4 Å². The normalized spacial score (nSPS) is 22.7. The lowest BCUT2D eigenvalue weighted by Gasteiger charge is -2.42. The first-order valence-electron chi connectivity index (χ1n) is 9.17. The summed E-state index contributed by atoms with van der Waals surface area (Å²) in [5, 5.41) is 0. The average molecular weight is 518 g/mol. The lowest BCUT2D eigenvalue weighted by molar-refractivity contribution is -0.0637. The molecular weight excluding hydrogens is 493 g/mol. The Morgan fingerprint density at radius 3 is 2.48 bits per heavy atom. The summed E-state index contributed by atoms with van der Waals surface area (Å²) < 4.78 is 14.2. The first kappa shape index (κ1) is 21.3. The number of rotatable bonds is 4. The summed E-state index contributed by atoms with van der Waals surface area (Å²) in [4.78, 5) is 2.54. The van der Waals surface area contributed by atoms with Gasteiger partial charge in [0, 0.05) is 22.0 Å². The molecule has 2 aromatic rings. The van der Waals surface area contributed by atoms with Crippen molar-refractivity contribution in [3.8, 4) is 0 Å². The summed E-state index contributed by atoms with van der Waals surface area (Å²) in [5.74, 6) is 0. The van der Waals surface area contributed by atoms with E-state index >= 15 is 0 Å². The van der Waals surface area contributed by atoms with Crippen molar-refractivity contribution in [1.29, 1.82) is 0 Å². The quantitative estimate of drug-likeness (QED) is 0.532. The minimum atomic E-state index is 0. The molecule has 27 heavy (non-hydrogen) atoms. The van der Waals surface area contributed by atoms with Gasteiger partial charge in [-0.3, -0.25) is 4.90 Å². The summed E-state index contributed by atoms with van der Waals surface area (Å²) >= 11 is 7.13. The maximum Gasteiger partial charge on any atom is 0.0779 e. The maximum atomic E-state index is 6.48. The molecular formula is C21H24Br2ClNO2. The predicted molar refractivity (Wildman–Crippen MR) is 118 cm³/mol. The Labute approximate surface area is 184 Å². The third-order valence-electron chi connectivity index (χ3n) is 5.25. The number of hydrogen-bond donors (Lipinski definition) is 0. The summed E-state index contributed by atoms with van der Waals surface area (Å²) in [6, 6.07) is 15.5. The van der Waals surface area contributed by atoms with Gasteiger partial charge in [-0.05, 0) is 47.7 Å². The highest BCUT2D eigenvalue weighted by atomic mass is 79.9. The van der Waals surface area contributed by atoms with Gasteiger partial charge in [0.05, 0.1) is 32.0 Å². The van der Waals surface area contributed by atoms with Gasteiger partial charge in [0.1, 0.15) is 0 Å². The Morgan fingerprint density at radius 1 is 1.04 bits per heavy atom. The van der Waals surface area contributed by atoms with Crippen LogP contribution in [-0.2, 0) is 22.5 Å². The molecule has 2 unspecified atom stereocenters. The zero-order valence-corrected chi connectivity index (χ0v) is 19.1. The zero-order valence-electron chi connectivity index (χ0n) is 15.1. The van der Waals surface area contributed by atoms with Crippen molar-refractivity contribution in [2.24, 2.45) is 0 Å². The second kappa shape index (κ2) is 9.86. The van der Waals surface area contributed by atoms with Crippen LogP contribution in [0.3, 0.4) is 0 Å². The van der Waals surface area contributed by atoms with Gasteiger partial charge in [0.15, 0.2) is 0 Å². The van der Waals surface area contributed by atoms with E-state index in [-0.39, 0.29) is 18.5 Å². The molecule has 0 spiro atoms. The van der Waals surface area contributed by atoms with Gasteiger partial charge in [0.2, 0.25) is 0 Å². The molecule has 1 aliphatic carbocycles. The van der Waals surface area contributed by atoms with E-state index in [0.29, 0.717) is 12.6 Å². The van der Waals surface area contributed by atoms with E-state index in [4.69, 9.17) is 9.47 Å². The molecule has 0 N–H and O–H groups in total. The second-order valence-electron chi connectivity index (χ2n) is 6.96. The topological polar surface area (TPSA) is 21.7 Å². The van der Waals surface area contributed by atoms with Gasteiger partial charge in [-0.2, -0.15) is 0 Å². The fourth-order valence-electron chi connectivity index (χ4n) is 4.07. The van der Waals surface area contributed by atoms with Crippen LogP contribution in [0.2, 0.25) is 0 Å². The molecule has 1 saturated heterocycles.